The average molecular weight is 278 g/mol. The topological polar surface area (TPSA) is 81.5 Å². The van der Waals surface area contributed by atoms with Gasteiger partial charge >= 0.3 is 5.69 Å². The lowest BCUT2D eigenvalue weighted by atomic mass is 10.3. The van der Waals surface area contributed by atoms with Gasteiger partial charge in [0.1, 0.15) is 4.88 Å². The minimum Gasteiger partial charge on any atom is -0.448 e. The molecular weight excluding hydrogens is 268 g/mol. The zero-order chi connectivity index (χ0) is 13.8. The average Bonchev–Trinajstić information content (AvgIpc) is 2.86. The maximum absolute atomic E-state index is 11.6. The molecule has 1 amide bonds. The Morgan fingerprint density at radius 3 is 2.74 bits per heavy atom. The Kier molecular flexibility index (Phi) is 3.76. The summed E-state index contributed by atoms with van der Waals surface area (Å²) in [4.78, 5) is 22.3. The summed E-state index contributed by atoms with van der Waals surface area (Å²) < 4.78 is 5.47. The van der Waals surface area contributed by atoms with Crippen LogP contribution in [-0.2, 0) is 0 Å². The Morgan fingerprint density at radius 2 is 2.05 bits per heavy atom. The number of nitrogens with one attached hydrogen (secondary N) is 1. The molecule has 19 heavy (non-hydrogen) atoms. The van der Waals surface area contributed by atoms with Crippen LogP contribution in [0.25, 0.3) is 0 Å². The molecule has 0 unspecified atom stereocenters. The zero-order valence-corrected chi connectivity index (χ0v) is 10.8. The number of carbonyl (C=O) groups excluding carboxylic acids is 1. The van der Waals surface area contributed by atoms with Crippen molar-refractivity contribution in [2.45, 2.75) is 0 Å². The van der Waals surface area contributed by atoms with Crippen LogP contribution in [0.1, 0.15) is 9.67 Å². The lowest BCUT2D eigenvalue weighted by Gasteiger charge is -2.06. The number of benzene rings is 1. The molecule has 0 spiro atoms. The number of rotatable bonds is 4. The molecule has 0 aliphatic rings. The highest BCUT2D eigenvalue weighted by Crippen LogP contribution is 2.34. The third-order valence-corrected chi connectivity index (χ3v) is 3.24. The van der Waals surface area contributed by atoms with Gasteiger partial charge in [0.15, 0.2) is 5.75 Å². The molecule has 1 N–H and O–H groups in total. The van der Waals surface area contributed by atoms with E-state index in [1.165, 1.54) is 30.5 Å². The van der Waals surface area contributed by atoms with Crippen LogP contribution in [0.2, 0.25) is 0 Å². The molecule has 0 bridgehead atoms. The first-order valence-electron chi connectivity index (χ1n) is 5.34. The molecule has 7 heteroatoms. The molecule has 0 fully saturated rings. The summed E-state index contributed by atoms with van der Waals surface area (Å²) in [7, 11) is 1.51. The Labute approximate surface area is 112 Å². The van der Waals surface area contributed by atoms with Crippen molar-refractivity contribution in [3.63, 3.8) is 0 Å². The number of ether oxygens (including phenoxy) is 1. The Morgan fingerprint density at radius 1 is 1.32 bits per heavy atom. The number of nitro groups is 1. The van der Waals surface area contributed by atoms with E-state index in [-0.39, 0.29) is 17.3 Å². The van der Waals surface area contributed by atoms with E-state index in [1.54, 1.807) is 23.6 Å². The summed E-state index contributed by atoms with van der Waals surface area (Å²) in [5.74, 6) is 0.123. The summed E-state index contributed by atoms with van der Waals surface area (Å²) in [6.45, 7) is 0. The van der Waals surface area contributed by atoms with E-state index in [2.05, 4.69) is 5.32 Å². The highest BCUT2D eigenvalue weighted by molar-refractivity contribution is 7.12. The van der Waals surface area contributed by atoms with Gasteiger partial charge in [0.05, 0.1) is 4.92 Å². The number of para-hydroxylation sites is 2. The fraction of sp³-hybridized carbons (Fsp3) is 0.0833. The fourth-order valence-corrected chi connectivity index (χ4v) is 2.23. The summed E-state index contributed by atoms with van der Waals surface area (Å²) in [5.41, 5.74) is -0.142. The maximum Gasteiger partial charge on any atom is 0.311 e. The van der Waals surface area contributed by atoms with Crippen LogP contribution < -0.4 is 10.1 Å². The summed E-state index contributed by atoms with van der Waals surface area (Å²) in [6.07, 6.45) is 0. The second-order valence-corrected chi connectivity index (χ2v) is 4.44. The van der Waals surface area contributed by atoms with Crippen molar-refractivity contribution < 1.29 is 14.5 Å². The van der Waals surface area contributed by atoms with E-state index >= 15 is 0 Å². The van der Waals surface area contributed by atoms with Crippen LogP contribution >= 0.6 is 11.3 Å². The normalized spacial score (nSPS) is 9.95. The molecule has 6 nitrogen and oxygen atoms in total. The molecule has 1 aromatic carbocycles. The van der Waals surface area contributed by atoms with E-state index in [9.17, 15) is 14.9 Å². The van der Waals surface area contributed by atoms with Crippen LogP contribution in [0.3, 0.4) is 0 Å². The molecule has 2 rings (SSSR count). The Balaban J connectivity index is 2.35. The summed E-state index contributed by atoms with van der Waals surface area (Å²) in [6, 6.07) is 7.63. The third kappa shape index (κ3) is 2.71. The number of nitrogens with zero attached hydrogens (tertiary/aromatic N) is 1. The monoisotopic (exact) mass is 278 g/mol. The molecule has 2 aromatic rings. The van der Waals surface area contributed by atoms with Crippen LogP contribution in [0, 0.1) is 10.1 Å². The van der Waals surface area contributed by atoms with E-state index in [0.29, 0.717) is 10.6 Å². The first-order chi connectivity index (χ1) is 9.13. The molecule has 0 atom stereocenters. The van der Waals surface area contributed by atoms with Gasteiger partial charge in [-0.1, -0.05) is 12.1 Å². The van der Waals surface area contributed by atoms with Crippen LogP contribution in [0.15, 0.2) is 35.7 Å². The van der Waals surface area contributed by atoms with Crippen LogP contribution in [0.5, 0.6) is 11.5 Å². The largest absolute Gasteiger partial charge is 0.448 e. The SMILES string of the molecule is CNC(=O)c1sccc1Oc1ccccc1[N+](=O)[O-]. The number of amides is 1. The van der Waals surface area contributed by atoms with Gasteiger partial charge in [-0.15, -0.1) is 11.3 Å². The highest BCUT2D eigenvalue weighted by Gasteiger charge is 2.18. The first-order valence-corrected chi connectivity index (χ1v) is 6.22. The molecule has 1 aromatic heterocycles. The van der Waals surface area contributed by atoms with Gasteiger partial charge < -0.3 is 10.1 Å². The summed E-state index contributed by atoms with van der Waals surface area (Å²) in [5, 5.41) is 15.1. The molecule has 0 saturated heterocycles. The second-order valence-electron chi connectivity index (χ2n) is 3.52. The molecule has 0 radical (unpaired) electrons. The van der Waals surface area contributed by atoms with Gasteiger partial charge in [0.2, 0.25) is 5.75 Å². The van der Waals surface area contributed by atoms with Crippen molar-refractivity contribution in [1.29, 1.82) is 0 Å². The minimum atomic E-state index is -0.527. The van der Waals surface area contributed by atoms with E-state index in [1.807, 2.05) is 0 Å². The van der Waals surface area contributed by atoms with Gasteiger partial charge in [-0.05, 0) is 17.5 Å². The van der Waals surface area contributed by atoms with Gasteiger partial charge in [0.25, 0.3) is 5.91 Å². The molecule has 1 heterocycles. The molecule has 0 aliphatic heterocycles. The third-order valence-electron chi connectivity index (χ3n) is 2.34. The summed E-state index contributed by atoms with van der Waals surface area (Å²) >= 11 is 1.21. The van der Waals surface area contributed by atoms with Gasteiger partial charge in [-0.2, -0.15) is 0 Å². The number of carbonyl (C=O) groups is 1. The van der Waals surface area contributed by atoms with Crippen molar-refractivity contribution >= 4 is 22.9 Å². The maximum atomic E-state index is 11.6. The van der Waals surface area contributed by atoms with E-state index in [0.717, 1.165) is 0 Å². The van der Waals surface area contributed by atoms with Gasteiger partial charge in [0, 0.05) is 13.1 Å². The smallest absolute Gasteiger partial charge is 0.311 e. The Hall–Kier alpha value is -2.41. The first kappa shape index (κ1) is 13.0. The second kappa shape index (κ2) is 5.49. The van der Waals surface area contributed by atoms with Gasteiger partial charge in [-0.3, -0.25) is 14.9 Å². The molecule has 0 saturated carbocycles. The highest BCUT2D eigenvalue weighted by atomic mass is 32.1. The van der Waals surface area contributed by atoms with Crippen LogP contribution in [0.4, 0.5) is 5.69 Å². The molecular formula is C12H10N2O4S. The van der Waals surface area contributed by atoms with Gasteiger partial charge in [-0.25, -0.2) is 0 Å². The predicted molar refractivity (Wildman–Crippen MR) is 70.9 cm³/mol. The fourth-order valence-electron chi connectivity index (χ4n) is 1.47. The number of thiophene rings is 1. The number of nitro benzene ring substituents is 1. The van der Waals surface area contributed by atoms with E-state index < -0.39 is 4.92 Å². The lowest BCUT2D eigenvalue weighted by molar-refractivity contribution is -0.385. The molecule has 0 aliphatic carbocycles. The van der Waals surface area contributed by atoms with E-state index in [4.69, 9.17) is 4.74 Å². The number of hydrogen-bond donors (Lipinski definition) is 1. The van der Waals surface area contributed by atoms with Crippen molar-refractivity contribution in [1.82, 2.24) is 5.32 Å². The van der Waals surface area contributed by atoms with Crippen molar-refractivity contribution in [3.05, 3.63) is 50.7 Å². The van der Waals surface area contributed by atoms with Crippen molar-refractivity contribution in [2.75, 3.05) is 7.05 Å². The standard InChI is InChI=1S/C12H10N2O4S/c1-13-12(15)11-10(6-7-19-11)18-9-5-3-2-4-8(9)14(16)17/h2-7H,1H3,(H,13,15). The quantitative estimate of drug-likeness (QED) is 0.688. The zero-order valence-electron chi connectivity index (χ0n) is 9.95. The molecule has 98 valence electrons. The Bertz CT molecular complexity index is 624. The van der Waals surface area contributed by atoms with Crippen molar-refractivity contribution in [3.8, 4) is 11.5 Å². The van der Waals surface area contributed by atoms with Crippen LogP contribution in [-0.4, -0.2) is 17.9 Å². The van der Waals surface area contributed by atoms with Crippen molar-refractivity contribution in [2.24, 2.45) is 0 Å². The number of hydrogen-bond acceptors (Lipinski definition) is 5. The lowest BCUT2D eigenvalue weighted by Crippen LogP contribution is -2.16. The minimum absolute atomic E-state index is 0.107. The predicted octanol–water partition coefficient (Wildman–Crippen LogP) is 2.81.